The highest BCUT2D eigenvalue weighted by atomic mass is 16.5. The number of rotatable bonds is 8. The summed E-state index contributed by atoms with van der Waals surface area (Å²) in [4.78, 5) is 11.3. The van der Waals surface area contributed by atoms with Gasteiger partial charge >= 0.3 is 0 Å². The molecule has 1 aromatic rings. The Morgan fingerprint density at radius 2 is 2.26 bits per heavy atom. The number of methoxy groups -OCH3 is 1. The van der Waals surface area contributed by atoms with Crippen LogP contribution >= 0.6 is 0 Å². The Hall–Kier alpha value is -1.20. The highest BCUT2D eigenvalue weighted by Gasteiger charge is 2.32. The van der Waals surface area contributed by atoms with Crippen molar-refractivity contribution in [3.8, 4) is 0 Å². The van der Waals surface area contributed by atoms with Gasteiger partial charge in [-0.2, -0.15) is 0 Å². The van der Waals surface area contributed by atoms with Gasteiger partial charge in [0.05, 0.1) is 18.5 Å². The number of anilines is 1. The van der Waals surface area contributed by atoms with Gasteiger partial charge in [-0.25, -0.2) is 4.98 Å². The molecule has 1 aliphatic rings. The molecule has 0 radical (unpaired) electrons. The molecule has 106 valence electrons. The Kier molecular flexibility index (Phi) is 5.10. The van der Waals surface area contributed by atoms with Crippen LogP contribution in [0, 0.1) is 5.92 Å². The molecule has 1 saturated carbocycles. The lowest BCUT2D eigenvalue weighted by atomic mass is 10.2. The van der Waals surface area contributed by atoms with Crippen molar-refractivity contribution < 1.29 is 4.74 Å². The number of hydrogen-bond donors (Lipinski definition) is 1. The Bertz CT molecular complexity index is 395. The summed E-state index contributed by atoms with van der Waals surface area (Å²) in [5.41, 5.74) is 0.977. The molecule has 1 unspecified atom stereocenters. The first-order chi connectivity index (χ1) is 9.26. The average molecular weight is 264 g/mol. The first-order valence-corrected chi connectivity index (χ1v) is 6.97. The number of nitrogens with one attached hydrogen (secondary N) is 1. The highest BCUT2D eigenvalue weighted by Crippen LogP contribution is 2.36. The van der Waals surface area contributed by atoms with Crippen molar-refractivity contribution in [1.82, 2.24) is 15.3 Å². The zero-order valence-electron chi connectivity index (χ0n) is 12.1. The van der Waals surface area contributed by atoms with Crippen LogP contribution in [-0.4, -0.2) is 43.3 Å². The molecule has 0 bridgehead atoms. The van der Waals surface area contributed by atoms with Crippen LogP contribution in [0.5, 0.6) is 0 Å². The van der Waals surface area contributed by atoms with E-state index in [0.717, 1.165) is 37.1 Å². The molecule has 1 N–H and O–H groups in total. The van der Waals surface area contributed by atoms with E-state index in [0.29, 0.717) is 6.04 Å². The summed E-state index contributed by atoms with van der Waals surface area (Å²) < 4.78 is 5.22. The summed E-state index contributed by atoms with van der Waals surface area (Å²) in [6, 6.07) is 0.509. The highest BCUT2D eigenvalue weighted by molar-refractivity contribution is 5.38. The molecular formula is C14H24N4O. The molecule has 5 nitrogen and oxygen atoms in total. The van der Waals surface area contributed by atoms with E-state index in [1.807, 2.05) is 19.4 Å². The molecule has 0 saturated heterocycles. The van der Waals surface area contributed by atoms with Gasteiger partial charge in [-0.05, 0) is 32.7 Å². The van der Waals surface area contributed by atoms with Crippen molar-refractivity contribution in [2.75, 3.05) is 32.2 Å². The first kappa shape index (κ1) is 14.2. The van der Waals surface area contributed by atoms with Gasteiger partial charge in [0.2, 0.25) is 0 Å². The smallest absolute Gasteiger partial charge is 0.147 e. The molecule has 1 atom stereocenters. The first-order valence-electron chi connectivity index (χ1n) is 6.97. The quantitative estimate of drug-likeness (QED) is 0.770. The van der Waals surface area contributed by atoms with Crippen molar-refractivity contribution >= 4 is 5.82 Å². The van der Waals surface area contributed by atoms with E-state index in [1.165, 1.54) is 12.8 Å². The second kappa shape index (κ2) is 6.82. The number of aromatic nitrogens is 2. The van der Waals surface area contributed by atoms with Crippen LogP contribution in [0.4, 0.5) is 5.82 Å². The minimum Gasteiger partial charge on any atom is -0.383 e. The minimum atomic E-state index is 0.509. The minimum absolute atomic E-state index is 0.509. The van der Waals surface area contributed by atoms with E-state index in [-0.39, 0.29) is 0 Å². The van der Waals surface area contributed by atoms with Crippen molar-refractivity contribution in [1.29, 1.82) is 0 Å². The van der Waals surface area contributed by atoms with Crippen LogP contribution in [0.1, 0.15) is 25.5 Å². The lowest BCUT2D eigenvalue weighted by molar-refractivity contribution is 0.202. The topological polar surface area (TPSA) is 50.3 Å². The van der Waals surface area contributed by atoms with Crippen molar-refractivity contribution in [3.05, 3.63) is 18.1 Å². The lowest BCUT2D eigenvalue weighted by Crippen LogP contribution is -2.38. The van der Waals surface area contributed by atoms with Crippen molar-refractivity contribution in [2.45, 2.75) is 32.4 Å². The van der Waals surface area contributed by atoms with Crippen molar-refractivity contribution in [2.24, 2.45) is 5.92 Å². The van der Waals surface area contributed by atoms with Gasteiger partial charge in [0.15, 0.2) is 0 Å². The Balaban J connectivity index is 2.13. The predicted molar refractivity (Wildman–Crippen MR) is 76.2 cm³/mol. The van der Waals surface area contributed by atoms with E-state index < -0.39 is 0 Å². The number of nitrogens with zero attached hydrogens (tertiary/aromatic N) is 3. The molecule has 0 amide bonds. The van der Waals surface area contributed by atoms with Gasteiger partial charge in [-0.15, -0.1) is 0 Å². The molecule has 0 spiro atoms. The molecule has 1 aliphatic carbocycles. The maximum absolute atomic E-state index is 5.22. The van der Waals surface area contributed by atoms with Crippen LogP contribution in [0.2, 0.25) is 0 Å². The van der Waals surface area contributed by atoms with E-state index >= 15 is 0 Å². The normalized spacial score (nSPS) is 16.4. The fraction of sp³-hybridized carbons (Fsp3) is 0.714. The lowest BCUT2D eigenvalue weighted by Gasteiger charge is -2.30. The zero-order valence-corrected chi connectivity index (χ0v) is 12.1. The molecule has 2 rings (SSSR count). The van der Waals surface area contributed by atoms with Crippen LogP contribution < -0.4 is 10.2 Å². The summed E-state index contributed by atoms with van der Waals surface area (Å²) in [6.45, 7) is 4.61. The summed E-state index contributed by atoms with van der Waals surface area (Å²) in [7, 11) is 3.66. The fourth-order valence-electron chi connectivity index (χ4n) is 2.35. The third-order valence-electron chi connectivity index (χ3n) is 3.66. The predicted octanol–water partition coefficient (Wildman–Crippen LogP) is 1.45. The average Bonchev–Trinajstić information content (AvgIpc) is 3.24. The molecule has 5 heteroatoms. The summed E-state index contributed by atoms with van der Waals surface area (Å²) in [5.74, 6) is 1.76. The number of hydrogen-bond acceptors (Lipinski definition) is 5. The standard InChI is InChI=1S/C14H24N4O/c1-11(12-4-5-12)18(6-7-19-3)14-10-16-9-13(17-14)8-15-2/h9-12,15H,4-8H2,1-3H3. The van der Waals surface area contributed by atoms with Gasteiger partial charge in [0, 0.05) is 32.4 Å². The molecule has 1 heterocycles. The van der Waals surface area contributed by atoms with E-state index in [9.17, 15) is 0 Å². The molecule has 0 aliphatic heterocycles. The summed E-state index contributed by atoms with van der Waals surface area (Å²) in [5, 5.41) is 3.11. The maximum Gasteiger partial charge on any atom is 0.147 e. The molecule has 1 aromatic heterocycles. The van der Waals surface area contributed by atoms with Gasteiger partial charge in [-0.3, -0.25) is 4.98 Å². The second-order valence-corrected chi connectivity index (χ2v) is 5.16. The van der Waals surface area contributed by atoms with Gasteiger partial charge < -0.3 is 15.0 Å². The van der Waals surface area contributed by atoms with Gasteiger partial charge in [-0.1, -0.05) is 0 Å². The van der Waals surface area contributed by atoms with Gasteiger partial charge in [0.25, 0.3) is 0 Å². The monoisotopic (exact) mass is 264 g/mol. The summed E-state index contributed by atoms with van der Waals surface area (Å²) in [6.07, 6.45) is 6.33. The number of ether oxygens (including phenoxy) is 1. The van der Waals surface area contributed by atoms with Crippen LogP contribution in [0.3, 0.4) is 0 Å². The van der Waals surface area contributed by atoms with E-state index in [4.69, 9.17) is 9.72 Å². The second-order valence-electron chi connectivity index (χ2n) is 5.16. The van der Waals surface area contributed by atoms with Crippen LogP contribution in [0.15, 0.2) is 12.4 Å². The maximum atomic E-state index is 5.22. The summed E-state index contributed by atoms with van der Waals surface area (Å²) >= 11 is 0. The fourth-order valence-corrected chi connectivity index (χ4v) is 2.35. The largest absolute Gasteiger partial charge is 0.383 e. The Labute approximate surface area is 115 Å². The third kappa shape index (κ3) is 3.88. The molecule has 19 heavy (non-hydrogen) atoms. The van der Waals surface area contributed by atoms with Gasteiger partial charge in [0.1, 0.15) is 5.82 Å². The van der Waals surface area contributed by atoms with Crippen LogP contribution in [-0.2, 0) is 11.3 Å². The zero-order chi connectivity index (χ0) is 13.7. The van der Waals surface area contributed by atoms with Crippen LogP contribution in [0.25, 0.3) is 0 Å². The molecule has 0 aromatic carbocycles. The van der Waals surface area contributed by atoms with Crippen molar-refractivity contribution in [3.63, 3.8) is 0 Å². The molecular weight excluding hydrogens is 240 g/mol. The third-order valence-corrected chi connectivity index (χ3v) is 3.66. The van der Waals surface area contributed by atoms with E-state index in [1.54, 1.807) is 7.11 Å². The molecule has 1 fully saturated rings. The van der Waals surface area contributed by atoms with E-state index in [2.05, 4.69) is 22.1 Å². The Morgan fingerprint density at radius 3 is 2.89 bits per heavy atom. The Morgan fingerprint density at radius 1 is 1.47 bits per heavy atom. The SMILES string of the molecule is CNCc1cncc(N(CCOC)C(C)C2CC2)n1.